The predicted molar refractivity (Wildman–Crippen MR) is 83.8 cm³/mol. The molecule has 0 aliphatic heterocycles. The monoisotopic (exact) mass is 283 g/mol. The maximum atomic E-state index is 10.2. The Labute approximate surface area is 122 Å². The summed E-state index contributed by atoms with van der Waals surface area (Å²) < 4.78 is 0. The van der Waals surface area contributed by atoms with E-state index in [2.05, 4.69) is 58.8 Å². The van der Waals surface area contributed by atoms with Gasteiger partial charge in [-0.25, -0.2) is 4.98 Å². The van der Waals surface area contributed by atoms with Gasteiger partial charge >= 0.3 is 0 Å². The van der Waals surface area contributed by atoms with E-state index in [-0.39, 0.29) is 16.9 Å². The van der Waals surface area contributed by atoms with Crippen molar-refractivity contribution in [1.82, 2.24) is 4.98 Å². The van der Waals surface area contributed by atoms with Crippen LogP contribution in [-0.4, -0.2) is 16.2 Å². The minimum atomic E-state index is -0.284. The summed E-state index contributed by atoms with van der Waals surface area (Å²) in [5.41, 5.74) is 1.47. The third kappa shape index (κ3) is 5.23. The second-order valence-corrected chi connectivity index (χ2v) is 8.68. The van der Waals surface area contributed by atoms with Gasteiger partial charge in [-0.3, -0.25) is 0 Å². The van der Waals surface area contributed by atoms with Crippen molar-refractivity contribution in [2.45, 2.75) is 72.8 Å². The van der Waals surface area contributed by atoms with Crippen molar-refractivity contribution in [2.75, 3.05) is 0 Å². The lowest BCUT2D eigenvalue weighted by atomic mass is 9.78. The molecule has 19 heavy (non-hydrogen) atoms. The van der Waals surface area contributed by atoms with Crippen LogP contribution in [0.3, 0.4) is 0 Å². The second kappa shape index (κ2) is 5.92. The zero-order valence-corrected chi connectivity index (χ0v) is 14.3. The Hall–Kier alpha value is -0.410. The fourth-order valence-electron chi connectivity index (χ4n) is 1.80. The fourth-order valence-corrected chi connectivity index (χ4v) is 2.89. The lowest BCUT2D eigenvalue weighted by molar-refractivity contribution is 0.110. The van der Waals surface area contributed by atoms with Crippen LogP contribution >= 0.6 is 11.3 Å². The molecule has 1 aromatic rings. The molecule has 2 unspecified atom stereocenters. The Bertz CT molecular complexity index is 398. The number of aromatic nitrogens is 1. The van der Waals surface area contributed by atoms with Crippen LogP contribution < -0.4 is 0 Å². The first-order valence-corrected chi connectivity index (χ1v) is 8.01. The van der Waals surface area contributed by atoms with Gasteiger partial charge in [-0.1, -0.05) is 48.5 Å². The molecule has 2 atom stereocenters. The molecule has 0 bridgehead atoms. The van der Waals surface area contributed by atoms with Gasteiger partial charge in [-0.05, 0) is 17.8 Å². The SMILES string of the molecule is CC(CC(O)Cc1nc(C(C)(C)C)cs1)C(C)(C)C. The minimum absolute atomic E-state index is 0.0956. The maximum Gasteiger partial charge on any atom is 0.0954 e. The van der Waals surface area contributed by atoms with Crippen LogP contribution in [0.5, 0.6) is 0 Å². The molecular formula is C16H29NOS. The number of aliphatic hydroxyl groups is 1. The van der Waals surface area contributed by atoms with Crippen molar-refractivity contribution in [2.24, 2.45) is 11.3 Å². The van der Waals surface area contributed by atoms with E-state index in [0.717, 1.165) is 17.1 Å². The molecule has 0 radical (unpaired) electrons. The van der Waals surface area contributed by atoms with E-state index >= 15 is 0 Å². The molecule has 110 valence electrons. The molecule has 1 N–H and O–H groups in total. The number of hydrogen-bond acceptors (Lipinski definition) is 3. The van der Waals surface area contributed by atoms with Crippen molar-refractivity contribution in [3.8, 4) is 0 Å². The van der Waals surface area contributed by atoms with Gasteiger partial charge in [0.05, 0.1) is 16.8 Å². The van der Waals surface area contributed by atoms with Crippen molar-refractivity contribution < 1.29 is 5.11 Å². The Morgan fingerprint density at radius 2 is 1.79 bits per heavy atom. The average Bonchev–Trinajstić information content (AvgIpc) is 2.63. The topological polar surface area (TPSA) is 33.1 Å². The summed E-state index contributed by atoms with van der Waals surface area (Å²) in [5, 5.41) is 13.4. The summed E-state index contributed by atoms with van der Waals surface area (Å²) in [7, 11) is 0. The third-order valence-corrected chi connectivity index (χ3v) is 4.71. The lowest BCUT2D eigenvalue weighted by Crippen LogP contribution is -2.24. The first-order valence-electron chi connectivity index (χ1n) is 7.13. The van der Waals surface area contributed by atoms with Crippen molar-refractivity contribution in [3.05, 3.63) is 16.1 Å². The largest absolute Gasteiger partial charge is 0.393 e. The molecule has 0 aliphatic carbocycles. The van der Waals surface area contributed by atoms with Crippen LogP contribution in [0.15, 0.2) is 5.38 Å². The third-order valence-electron chi connectivity index (χ3n) is 3.83. The minimum Gasteiger partial charge on any atom is -0.393 e. The van der Waals surface area contributed by atoms with E-state index in [4.69, 9.17) is 0 Å². The van der Waals surface area contributed by atoms with E-state index in [1.807, 2.05) is 0 Å². The molecule has 0 saturated heterocycles. The highest BCUT2D eigenvalue weighted by Gasteiger charge is 2.24. The number of hydrogen-bond donors (Lipinski definition) is 1. The molecule has 1 aromatic heterocycles. The van der Waals surface area contributed by atoms with Gasteiger partial charge in [-0.2, -0.15) is 0 Å². The summed E-state index contributed by atoms with van der Waals surface area (Å²) >= 11 is 1.67. The van der Waals surface area contributed by atoms with Gasteiger partial charge in [-0.15, -0.1) is 11.3 Å². The number of nitrogens with zero attached hydrogens (tertiary/aromatic N) is 1. The van der Waals surface area contributed by atoms with E-state index in [9.17, 15) is 5.11 Å². The zero-order valence-electron chi connectivity index (χ0n) is 13.4. The smallest absolute Gasteiger partial charge is 0.0954 e. The van der Waals surface area contributed by atoms with Crippen molar-refractivity contribution >= 4 is 11.3 Å². The molecule has 1 heterocycles. The van der Waals surface area contributed by atoms with Crippen molar-refractivity contribution in [3.63, 3.8) is 0 Å². The molecule has 2 nitrogen and oxygen atoms in total. The Morgan fingerprint density at radius 3 is 2.21 bits per heavy atom. The Kier molecular flexibility index (Phi) is 5.19. The zero-order chi connectivity index (χ0) is 14.8. The molecule has 0 amide bonds. The van der Waals surface area contributed by atoms with Gasteiger partial charge < -0.3 is 5.11 Å². The van der Waals surface area contributed by atoms with Crippen LogP contribution in [0.4, 0.5) is 0 Å². The van der Waals surface area contributed by atoms with Crippen molar-refractivity contribution in [1.29, 1.82) is 0 Å². The van der Waals surface area contributed by atoms with Gasteiger partial charge in [0.2, 0.25) is 0 Å². The summed E-state index contributed by atoms with van der Waals surface area (Å²) in [6, 6.07) is 0. The number of thiazole rings is 1. The average molecular weight is 283 g/mol. The molecule has 3 heteroatoms. The highest BCUT2D eigenvalue weighted by atomic mass is 32.1. The Balaban J connectivity index is 2.58. The van der Waals surface area contributed by atoms with Gasteiger partial charge in [0, 0.05) is 17.2 Å². The summed E-state index contributed by atoms with van der Waals surface area (Å²) in [5.74, 6) is 0.504. The normalized spacial score (nSPS) is 16.4. The molecule has 0 aliphatic rings. The summed E-state index contributed by atoms with van der Waals surface area (Å²) in [6.45, 7) is 15.4. The van der Waals surface area contributed by atoms with Gasteiger partial charge in [0.25, 0.3) is 0 Å². The molecule has 0 saturated carbocycles. The predicted octanol–water partition coefficient (Wildman–Crippen LogP) is 4.42. The molecule has 0 spiro atoms. The van der Waals surface area contributed by atoms with E-state index in [1.54, 1.807) is 11.3 Å². The van der Waals surface area contributed by atoms with Crippen LogP contribution in [-0.2, 0) is 11.8 Å². The van der Waals surface area contributed by atoms with Crippen LogP contribution in [0, 0.1) is 11.3 Å². The molecule has 0 fully saturated rings. The van der Waals surface area contributed by atoms with Crippen LogP contribution in [0.25, 0.3) is 0 Å². The molecule has 0 aromatic carbocycles. The standard InChI is InChI=1S/C16H29NOS/c1-11(15(2,3)4)8-12(18)9-14-17-13(10-19-14)16(5,6)7/h10-12,18H,8-9H2,1-7H3. The van der Waals surface area contributed by atoms with Crippen LogP contribution in [0.2, 0.25) is 0 Å². The first kappa shape index (κ1) is 16.6. The quantitative estimate of drug-likeness (QED) is 0.887. The van der Waals surface area contributed by atoms with Crippen LogP contribution in [0.1, 0.15) is 65.6 Å². The number of aliphatic hydroxyl groups excluding tert-OH is 1. The maximum absolute atomic E-state index is 10.2. The van der Waals surface area contributed by atoms with Gasteiger partial charge in [0.1, 0.15) is 0 Å². The van der Waals surface area contributed by atoms with Gasteiger partial charge in [0.15, 0.2) is 0 Å². The fraction of sp³-hybridized carbons (Fsp3) is 0.812. The lowest BCUT2D eigenvalue weighted by Gasteiger charge is -2.28. The first-order chi connectivity index (χ1) is 8.50. The summed E-state index contributed by atoms with van der Waals surface area (Å²) in [6.07, 6.45) is 1.24. The highest BCUT2D eigenvalue weighted by Crippen LogP contribution is 2.30. The van der Waals surface area contributed by atoms with E-state index in [1.165, 1.54) is 0 Å². The van der Waals surface area contributed by atoms with E-state index in [0.29, 0.717) is 12.3 Å². The van der Waals surface area contributed by atoms with E-state index < -0.39 is 0 Å². The molecular weight excluding hydrogens is 254 g/mol. The summed E-state index contributed by atoms with van der Waals surface area (Å²) in [4.78, 5) is 4.65. The highest BCUT2D eigenvalue weighted by molar-refractivity contribution is 7.09. The molecule has 1 rings (SSSR count). The second-order valence-electron chi connectivity index (χ2n) is 7.74. The number of rotatable bonds is 4. The Morgan fingerprint density at radius 1 is 1.21 bits per heavy atom.